The average Bonchev–Trinajstić information content (AvgIpc) is 3.24. The fourth-order valence-electron chi connectivity index (χ4n) is 3.88. The van der Waals surface area contributed by atoms with Crippen molar-refractivity contribution in [1.29, 1.82) is 0 Å². The molecule has 0 atom stereocenters. The van der Waals surface area contributed by atoms with Gasteiger partial charge in [-0.2, -0.15) is 0 Å². The van der Waals surface area contributed by atoms with Crippen molar-refractivity contribution in [2.24, 2.45) is 5.92 Å². The van der Waals surface area contributed by atoms with Gasteiger partial charge in [-0.1, -0.05) is 50.2 Å². The standard InChI is InChI=1S/C26H29N3O4S/c1-17(2)16-29(26(31)22-24(34-18(3)28-22)19-8-5-4-6-9-19)13-12-27-25(30)20-10-7-11-21-23(20)33-15-14-32-21/h4-11,17H,12-16H2,1-3H3,(H,27,30). The zero-order chi connectivity index (χ0) is 24.1. The topological polar surface area (TPSA) is 80.8 Å². The summed E-state index contributed by atoms with van der Waals surface area (Å²) in [6.07, 6.45) is 0. The average molecular weight is 480 g/mol. The Balaban J connectivity index is 1.47. The summed E-state index contributed by atoms with van der Waals surface area (Å²) in [6.45, 7) is 8.17. The molecular weight excluding hydrogens is 450 g/mol. The summed E-state index contributed by atoms with van der Waals surface area (Å²) in [5.41, 5.74) is 1.87. The van der Waals surface area contributed by atoms with E-state index in [2.05, 4.69) is 24.1 Å². The smallest absolute Gasteiger partial charge is 0.274 e. The van der Waals surface area contributed by atoms with Crippen molar-refractivity contribution in [2.45, 2.75) is 20.8 Å². The molecule has 1 aliphatic heterocycles. The van der Waals surface area contributed by atoms with Gasteiger partial charge >= 0.3 is 0 Å². The van der Waals surface area contributed by atoms with E-state index in [0.717, 1.165) is 15.4 Å². The molecule has 3 aromatic rings. The Hall–Kier alpha value is -3.39. The van der Waals surface area contributed by atoms with Crippen molar-refractivity contribution >= 4 is 23.2 Å². The van der Waals surface area contributed by atoms with Gasteiger partial charge in [-0.15, -0.1) is 11.3 Å². The zero-order valence-electron chi connectivity index (χ0n) is 19.7. The molecular formula is C26H29N3O4S. The molecule has 178 valence electrons. The van der Waals surface area contributed by atoms with Crippen LogP contribution >= 0.6 is 11.3 Å². The van der Waals surface area contributed by atoms with Crippen molar-refractivity contribution in [3.8, 4) is 21.9 Å². The summed E-state index contributed by atoms with van der Waals surface area (Å²) in [6, 6.07) is 15.1. The number of rotatable bonds is 8. The number of carbonyl (C=O) groups excluding carboxylic acids is 2. The molecule has 0 radical (unpaired) electrons. The van der Waals surface area contributed by atoms with Crippen LogP contribution in [0.25, 0.3) is 10.4 Å². The molecule has 1 N–H and O–H groups in total. The van der Waals surface area contributed by atoms with Crippen LogP contribution in [-0.2, 0) is 0 Å². The van der Waals surface area contributed by atoms with Crippen LogP contribution in [0.5, 0.6) is 11.5 Å². The van der Waals surface area contributed by atoms with E-state index in [9.17, 15) is 9.59 Å². The van der Waals surface area contributed by atoms with Gasteiger partial charge in [-0.3, -0.25) is 9.59 Å². The van der Waals surface area contributed by atoms with Crippen molar-refractivity contribution in [1.82, 2.24) is 15.2 Å². The van der Waals surface area contributed by atoms with Gasteiger partial charge < -0.3 is 19.7 Å². The summed E-state index contributed by atoms with van der Waals surface area (Å²) in [4.78, 5) is 33.6. The summed E-state index contributed by atoms with van der Waals surface area (Å²) in [7, 11) is 0. The molecule has 0 saturated carbocycles. The highest BCUT2D eigenvalue weighted by molar-refractivity contribution is 7.15. The van der Waals surface area contributed by atoms with E-state index in [1.54, 1.807) is 23.1 Å². The van der Waals surface area contributed by atoms with E-state index in [4.69, 9.17) is 9.47 Å². The molecule has 4 rings (SSSR count). The van der Waals surface area contributed by atoms with E-state index in [1.165, 1.54) is 11.3 Å². The van der Waals surface area contributed by atoms with Crippen LogP contribution in [-0.4, -0.2) is 54.5 Å². The minimum Gasteiger partial charge on any atom is -0.486 e. The third-order valence-electron chi connectivity index (χ3n) is 5.32. The van der Waals surface area contributed by atoms with Crippen LogP contribution in [0.15, 0.2) is 48.5 Å². The molecule has 0 unspecified atom stereocenters. The first-order chi connectivity index (χ1) is 16.4. The van der Waals surface area contributed by atoms with Crippen molar-refractivity contribution < 1.29 is 19.1 Å². The van der Waals surface area contributed by atoms with Crippen molar-refractivity contribution in [2.75, 3.05) is 32.8 Å². The van der Waals surface area contributed by atoms with Crippen LogP contribution in [0.3, 0.4) is 0 Å². The number of aromatic nitrogens is 1. The van der Waals surface area contributed by atoms with Crippen LogP contribution in [0, 0.1) is 12.8 Å². The molecule has 0 spiro atoms. The maximum atomic E-state index is 13.5. The lowest BCUT2D eigenvalue weighted by molar-refractivity contribution is 0.0725. The molecule has 0 fully saturated rings. The Kier molecular flexibility index (Phi) is 7.47. The van der Waals surface area contributed by atoms with Gasteiger partial charge in [0.15, 0.2) is 11.5 Å². The van der Waals surface area contributed by atoms with E-state index >= 15 is 0 Å². The van der Waals surface area contributed by atoms with Gasteiger partial charge in [0, 0.05) is 19.6 Å². The Bertz CT molecular complexity index is 1160. The number of nitrogens with zero attached hydrogens (tertiary/aromatic N) is 2. The molecule has 7 nitrogen and oxygen atoms in total. The SMILES string of the molecule is Cc1nc(C(=O)N(CCNC(=O)c2cccc3c2OCCO3)CC(C)C)c(-c2ccccc2)s1. The summed E-state index contributed by atoms with van der Waals surface area (Å²) >= 11 is 1.52. The second-order valence-electron chi connectivity index (χ2n) is 8.51. The first-order valence-electron chi connectivity index (χ1n) is 11.4. The largest absolute Gasteiger partial charge is 0.486 e. The molecule has 2 aromatic carbocycles. The molecule has 1 aromatic heterocycles. The molecule has 1 aliphatic rings. The minimum absolute atomic E-state index is 0.125. The van der Waals surface area contributed by atoms with Gasteiger partial charge in [0.05, 0.1) is 15.4 Å². The fraction of sp³-hybridized carbons (Fsp3) is 0.346. The van der Waals surface area contributed by atoms with Crippen LogP contribution in [0.2, 0.25) is 0 Å². The lowest BCUT2D eigenvalue weighted by atomic mass is 10.1. The lowest BCUT2D eigenvalue weighted by Gasteiger charge is -2.25. The molecule has 8 heteroatoms. The highest BCUT2D eigenvalue weighted by Crippen LogP contribution is 2.33. The number of nitrogens with one attached hydrogen (secondary N) is 1. The Morgan fingerprint density at radius 3 is 2.62 bits per heavy atom. The number of amides is 2. The predicted molar refractivity (Wildman–Crippen MR) is 133 cm³/mol. The third kappa shape index (κ3) is 5.39. The Morgan fingerprint density at radius 1 is 1.09 bits per heavy atom. The number of benzene rings is 2. The normalized spacial score (nSPS) is 12.5. The van der Waals surface area contributed by atoms with Crippen molar-refractivity contribution in [3.05, 3.63) is 64.8 Å². The number of carbonyl (C=O) groups is 2. The van der Waals surface area contributed by atoms with Gasteiger partial charge in [-0.05, 0) is 30.5 Å². The van der Waals surface area contributed by atoms with Crippen LogP contribution < -0.4 is 14.8 Å². The molecule has 0 aliphatic carbocycles. The number of ether oxygens (including phenoxy) is 2. The summed E-state index contributed by atoms with van der Waals surface area (Å²) < 4.78 is 11.2. The van der Waals surface area contributed by atoms with Gasteiger partial charge in [-0.25, -0.2) is 4.98 Å². The van der Waals surface area contributed by atoms with Crippen LogP contribution in [0.4, 0.5) is 0 Å². The maximum Gasteiger partial charge on any atom is 0.274 e. The lowest BCUT2D eigenvalue weighted by Crippen LogP contribution is -2.41. The highest BCUT2D eigenvalue weighted by atomic mass is 32.1. The number of para-hydroxylation sites is 1. The molecule has 0 saturated heterocycles. The zero-order valence-corrected chi connectivity index (χ0v) is 20.5. The molecule has 34 heavy (non-hydrogen) atoms. The van der Waals surface area contributed by atoms with Gasteiger partial charge in [0.2, 0.25) is 0 Å². The number of aryl methyl sites for hydroxylation is 1. The summed E-state index contributed by atoms with van der Waals surface area (Å²) in [5, 5.41) is 3.77. The monoisotopic (exact) mass is 479 g/mol. The number of fused-ring (bicyclic) bond motifs is 1. The Morgan fingerprint density at radius 2 is 1.85 bits per heavy atom. The molecule has 2 heterocycles. The second kappa shape index (κ2) is 10.7. The minimum atomic E-state index is -0.256. The van der Waals surface area contributed by atoms with E-state index < -0.39 is 0 Å². The number of thiazole rings is 1. The first kappa shape index (κ1) is 23.8. The quantitative estimate of drug-likeness (QED) is 0.517. The maximum absolute atomic E-state index is 13.5. The van der Waals surface area contributed by atoms with E-state index in [1.807, 2.05) is 37.3 Å². The third-order valence-corrected chi connectivity index (χ3v) is 6.34. The predicted octanol–water partition coefficient (Wildman–Crippen LogP) is 4.42. The number of hydrogen-bond donors (Lipinski definition) is 1. The summed E-state index contributed by atoms with van der Waals surface area (Å²) in [5.74, 6) is 0.926. The van der Waals surface area contributed by atoms with Crippen LogP contribution in [0.1, 0.15) is 39.7 Å². The second-order valence-corrected chi connectivity index (χ2v) is 9.71. The first-order valence-corrected chi connectivity index (χ1v) is 12.2. The van der Waals surface area contributed by atoms with E-state index in [0.29, 0.717) is 55.6 Å². The highest BCUT2D eigenvalue weighted by Gasteiger charge is 2.25. The number of hydrogen-bond acceptors (Lipinski definition) is 6. The van der Waals surface area contributed by atoms with Gasteiger partial charge in [0.1, 0.15) is 18.9 Å². The van der Waals surface area contributed by atoms with Crippen molar-refractivity contribution in [3.63, 3.8) is 0 Å². The fourth-order valence-corrected chi connectivity index (χ4v) is 4.79. The Labute approximate surface area is 203 Å². The van der Waals surface area contributed by atoms with Gasteiger partial charge in [0.25, 0.3) is 11.8 Å². The molecule has 2 amide bonds. The van der Waals surface area contributed by atoms with E-state index in [-0.39, 0.29) is 17.7 Å². The molecule has 0 bridgehead atoms.